The van der Waals surface area contributed by atoms with Crippen LogP contribution in [0.5, 0.6) is 0 Å². The summed E-state index contributed by atoms with van der Waals surface area (Å²) in [6.45, 7) is 0. The summed E-state index contributed by atoms with van der Waals surface area (Å²) in [5.41, 5.74) is 9.66. The van der Waals surface area contributed by atoms with E-state index in [2.05, 4.69) is 167 Å². The van der Waals surface area contributed by atoms with Crippen LogP contribution in [0.25, 0.3) is 76.9 Å². The van der Waals surface area contributed by atoms with Crippen molar-refractivity contribution in [1.29, 1.82) is 0 Å². The zero-order chi connectivity index (χ0) is 27.6. The number of hydrogen-bond donors (Lipinski definition) is 0. The van der Waals surface area contributed by atoms with Gasteiger partial charge in [-0.05, 0) is 58.3 Å². The van der Waals surface area contributed by atoms with Crippen molar-refractivity contribution in [1.82, 2.24) is 9.13 Å². The molecule has 0 aliphatic carbocycles. The minimum absolute atomic E-state index is 1.16. The van der Waals surface area contributed by atoms with E-state index in [-0.39, 0.29) is 0 Å². The lowest BCUT2D eigenvalue weighted by Crippen LogP contribution is -1.99. The van der Waals surface area contributed by atoms with Gasteiger partial charge < -0.3 is 9.13 Å². The predicted molar refractivity (Wildman–Crippen MR) is 178 cm³/mol. The van der Waals surface area contributed by atoms with Gasteiger partial charge in [-0.3, -0.25) is 0 Å². The molecule has 2 nitrogen and oxygen atoms in total. The first-order valence-corrected chi connectivity index (χ1v) is 14.5. The van der Waals surface area contributed by atoms with Crippen LogP contribution in [0.1, 0.15) is 0 Å². The molecule has 0 fully saturated rings. The van der Waals surface area contributed by atoms with Crippen molar-refractivity contribution in [2.24, 2.45) is 0 Å². The average molecular weight is 535 g/mol. The lowest BCUT2D eigenvalue weighted by atomic mass is 9.98. The molecule has 9 rings (SSSR count). The molecule has 0 saturated heterocycles. The van der Waals surface area contributed by atoms with Crippen LogP contribution in [0.4, 0.5) is 0 Å². The SMILES string of the molecule is c1ccc(-n2c3ccccc3c3ccc4c5ccccc5n(-c5cccc(-c6cccc7ccccc67)c5)c4c32)cc1. The molecule has 0 bridgehead atoms. The summed E-state index contributed by atoms with van der Waals surface area (Å²) < 4.78 is 4.91. The van der Waals surface area contributed by atoms with Gasteiger partial charge in [-0.1, -0.05) is 121 Å². The van der Waals surface area contributed by atoms with Crippen LogP contribution in [0.3, 0.4) is 0 Å². The van der Waals surface area contributed by atoms with Crippen LogP contribution in [0.15, 0.2) is 158 Å². The third-order valence-corrected chi connectivity index (χ3v) is 8.69. The molecule has 42 heavy (non-hydrogen) atoms. The molecule has 0 amide bonds. The van der Waals surface area contributed by atoms with Crippen molar-refractivity contribution in [2.45, 2.75) is 0 Å². The Bertz CT molecular complexity index is 2450. The van der Waals surface area contributed by atoms with Crippen molar-refractivity contribution in [3.8, 4) is 22.5 Å². The Balaban J connectivity index is 1.44. The summed E-state index contributed by atoms with van der Waals surface area (Å²) in [6.07, 6.45) is 0. The topological polar surface area (TPSA) is 9.86 Å². The lowest BCUT2D eigenvalue weighted by molar-refractivity contribution is 1.15. The van der Waals surface area contributed by atoms with Gasteiger partial charge >= 0.3 is 0 Å². The highest BCUT2D eigenvalue weighted by Crippen LogP contribution is 2.42. The molecule has 0 saturated carbocycles. The first kappa shape index (κ1) is 23.1. The van der Waals surface area contributed by atoms with Crippen LogP contribution >= 0.6 is 0 Å². The maximum absolute atomic E-state index is 2.47. The summed E-state index contributed by atoms with van der Waals surface area (Å²) in [6, 6.07) is 57.2. The van der Waals surface area contributed by atoms with Crippen molar-refractivity contribution >= 4 is 54.4 Å². The summed E-state index contributed by atoms with van der Waals surface area (Å²) in [7, 11) is 0. The second-order valence-electron chi connectivity index (χ2n) is 11.0. The van der Waals surface area contributed by atoms with Gasteiger partial charge in [0.25, 0.3) is 0 Å². The average Bonchev–Trinajstić information content (AvgIpc) is 3.58. The quantitative estimate of drug-likeness (QED) is 0.213. The Labute approximate surface area is 243 Å². The molecule has 196 valence electrons. The first-order chi connectivity index (χ1) is 20.9. The van der Waals surface area contributed by atoms with E-state index in [9.17, 15) is 0 Å². The zero-order valence-electron chi connectivity index (χ0n) is 22.9. The van der Waals surface area contributed by atoms with Gasteiger partial charge in [0.15, 0.2) is 0 Å². The molecule has 0 aliphatic heterocycles. The van der Waals surface area contributed by atoms with E-state index < -0.39 is 0 Å². The number of hydrogen-bond acceptors (Lipinski definition) is 0. The summed E-state index contributed by atoms with van der Waals surface area (Å²) in [5.74, 6) is 0. The largest absolute Gasteiger partial charge is 0.307 e. The molecular weight excluding hydrogens is 508 g/mol. The molecule has 0 spiro atoms. The maximum Gasteiger partial charge on any atom is 0.0788 e. The van der Waals surface area contributed by atoms with E-state index in [0.717, 1.165) is 11.4 Å². The fourth-order valence-corrected chi connectivity index (χ4v) is 6.90. The minimum Gasteiger partial charge on any atom is -0.307 e. The fraction of sp³-hybridized carbons (Fsp3) is 0. The van der Waals surface area contributed by atoms with Gasteiger partial charge in [0.05, 0.1) is 22.1 Å². The van der Waals surface area contributed by atoms with Gasteiger partial charge in [-0.25, -0.2) is 0 Å². The van der Waals surface area contributed by atoms with Crippen LogP contribution in [0, 0.1) is 0 Å². The lowest BCUT2D eigenvalue weighted by Gasteiger charge is -2.14. The monoisotopic (exact) mass is 534 g/mol. The van der Waals surface area contributed by atoms with Crippen LogP contribution in [-0.2, 0) is 0 Å². The highest BCUT2D eigenvalue weighted by molar-refractivity contribution is 6.23. The van der Waals surface area contributed by atoms with E-state index in [0.29, 0.717) is 0 Å². The van der Waals surface area contributed by atoms with E-state index in [1.54, 1.807) is 0 Å². The number of aromatic nitrogens is 2. The Morgan fingerprint density at radius 1 is 0.333 bits per heavy atom. The maximum atomic E-state index is 2.47. The van der Waals surface area contributed by atoms with Crippen LogP contribution in [0.2, 0.25) is 0 Å². The number of fused-ring (bicyclic) bond motifs is 8. The van der Waals surface area contributed by atoms with Gasteiger partial charge in [-0.2, -0.15) is 0 Å². The van der Waals surface area contributed by atoms with E-state index in [4.69, 9.17) is 0 Å². The highest BCUT2D eigenvalue weighted by Gasteiger charge is 2.21. The molecular formula is C40H26N2. The van der Waals surface area contributed by atoms with Gasteiger partial charge in [0.2, 0.25) is 0 Å². The van der Waals surface area contributed by atoms with Crippen molar-refractivity contribution in [3.63, 3.8) is 0 Å². The van der Waals surface area contributed by atoms with E-state index in [1.807, 2.05) is 0 Å². The third-order valence-electron chi connectivity index (χ3n) is 8.69. The molecule has 2 heteroatoms. The predicted octanol–water partition coefficient (Wildman–Crippen LogP) is 10.7. The second kappa shape index (κ2) is 8.95. The molecule has 9 aromatic rings. The summed E-state index contributed by atoms with van der Waals surface area (Å²) in [5, 5.41) is 7.57. The first-order valence-electron chi connectivity index (χ1n) is 14.5. The molecule has 2 heterocycles. The number of rotatable bonds is 3. The molecule has 0 radical (unpaired) electrons. The number of benzene rings is 7. The second-order valence-corrected chi connectivity index (χ2v) is 11.0. The van der Waals surface area contributed by atoms with Crippen LogP contribution < -0.4 is 0 Å². The van der Waals surface area contributed by atoms with Crippen molar-refractivity contribution in [3.05, 3.63) is 158 Å². The molecule has 0 unspecified atom stereocenters. The summed E-state index contributed by atoms with van der Waals surface area (Å²) in [4.78, 5) is 0. The molecule has 7 aromatic carbocycles. The molecule has 0 N–H and O–H groups in total. The van der Waals surface area contributed by atoms with Gasteiger partial charge in [0, 0.05) is 32.9 Å². The Morgan fingerprint density at radius 2 is 0.857 bits per heavy atom. The summed E-state index contributed by atoms with van der Waals surface area (Å²) >= 11 is 0. The Morgan fingerprint density at radius 3 is 1.57 bits per heavy atom. The minimum atomic E-state index is 1.16. The Hall–Kier alpha value is -5.60. The molecule has 0 aliphatic rings. The van der Waals surface area contributed by atoms with Gasteiger partial charge in [-0.15, -0.1) is 0 Å². The van der Waals surface area contributed by atoms with Crippen molar-refractivity contribution in [2.75, 3.05) is 0 Å². The fourth-order valence-electron chi connectivity index (χ4n) is 6.90. The van der Waals surface area contributed by atoms with Gasteiger partial charge in [0.1, 0.15) is 0 Å². The van der Waals surface area contributed by atoms with Crippen molar-refractivity contribution < 1.29 is 0 Å². The van der Waals surface area contributed by atoms with E-state index >= 15 is 0 Å². The third kappa shape index (κ3) is 3.27. The standard InChI is InChI=1S/C40H26N2/c1-2-15-29(16-3-1)41-37-22-8-6-19-33(37)35-24-25-36-34-20-7-9-23-38(34)42(40(36)39(35)41)30-17-10-14-28(26-30)32-21-11-13-27-12-4-5-18-31(27)32/h1-26H. The Kier molecular flexibility index (Phi) is 4.93. The number of nitrogens with zero attached hydrogens (tertiary/aromatic N) is 2. The molecule has 2 aromatic heterocycles. The normalized spacial score (nSPS) is 11.8. The molecule has 0 atom stereocenters. The smallest absolute Gasteiger partial charge is 0.0788 e. The number of para-hydroxylation sites is 3. The van der Waals surface area contributed by atoms with Crippen LogP contribution in [-0.4, -0.2) is 9.13 Å². The highest BCUT2D eigenvalue weighted by atomic mass is 15.0. The zero-order valence-corrected chi connectivity index (χ0v) is 22.9. The van der Waals surface area contributed by atoms with E-state index in [1.165, 1.54) is 65.5 Å².